The van der Waals surface area contributed by atoms with E-state index in [1.807, 2.05) is 19.2 Å². The monoisotopic (exact) mass is 258 g/mol. The third-order valence-corrected chi connectivity index (χ3v) is 3.17. The van der Waals surface area contributed by atoms with Crippen molar-refractivity contribution in [2.45, 2.75) is 25.4 Å². The number of likely N-dealkylation sites (N-methyl/N-ethyl adjacent to an activating group) is 1. The maximum absolute atomic E-state index is 5.75. The van der Waals surface area contributed by atoms with Gasteiger partial charge in [-0.15, -0.1) is 6.42 Å². The summed E-state index contributed by atoms with van der Waals surface area (Å²) in [5.74, 6) is 3.56. The Morgan fingerprint density at radius 1 is 1.47 bits per heavy atom. The first-order valence-corrected chi connectivity index (χ1v) is 6.85. The second-order valence-corrected chi connectivity index (χ2v) is 5.09. The van der Waals surface area contributed by atoms with Gasteiger partial charge in [-0.1, -0.05) is 18.1 Å². The molecule has 0 aromatic heterocycles. The molecule has 0 bridgehead atoms. The van der Waals surface area contributed by atoms with Crippen molar-refractivity contribution in [3.8, 4) is 18.1 Å². The topological polar surface area (TPSA) is 24.5 Å². The van der Waals surface area contributed by atoms with Gasteiger partial charge in [-0.05, 0) is 37.6 Å². The number of hydrogen-bond acceptors (Lipinski definition) is 3. The van der Waals surface area contributed by atoms with Crippen LogP contribution < -0.4 is 10.1 Å². The third-order valence-electron chi connectivity index (χ3n) is 3.17. The molecule has 0 amide bonds. The van der Waals surface area contributed by atoms with Crippen molar-refractivity contribution in [3.05, 3.63) is 29.8 Å². The molecule has 1 saturated carbocycles. The minimum absolute atomic E-state index is 0.661. The lowest BCUT2D eigenvalue weighted by Gasteiger charge is -2.14. The number of nitrogens with zero attached hydrogens (tertiary/aromatic N) is 1. The van der Waals surface area contributed by atoms with Crippen LogP contribution in [-0.4, -0.2) is 37.7 Å². The zero-order valence-corrected chi connectivity index (χ0v) is 11.6. The summed E-state index contributed by atoms with van der Waals surface area (Å²) in [4.78, 5) is 2.07. The van der Waals surface area contributed by atoms with Gasteiger partial charge in [0.2, 0.25) is 0 Å². The molecular weight excluding hydrogens is 236 g/mol. The number of rotatable bonds is 8. The lowest BCUT2D eigenvalue weighted by molar-refractivity contribution is 0.251. The van der Waals surface area contributed by atoms with Crippen LogP contribution in [0.4, 0.5) is 0 Å². The normalized spacial score (nSPS) is 14.4. The van der Waals surface area contributed by atoms with E-state index in [-0.39, 0.29) is 0 Å². The lowest BCUT2D eigenvalue weighted by Crippen LogP contribution is -2.24. The summed E-state index contributed by atoms with van der Waals surface area (Å²) in [6.07, 6.45) is 7.89. The lowest BCUT2D eigenvalue weighted by atomic mass is 10.2. The van der Waals surface area contributed by atoms with Crippen LogP contribution in [0.2, 0.25) is 0 Å². The molecule has 0 saturated heterocycles. The maximum Gasteiger partial charge on any atom is 0.119 e. The highest BCUT2D eigenvalue weighted by molar-refractivity contribution is 5.28. The number of hydrogen-bond donors (Lipinski definition) is 1. The molecule has 102 valence electrons. The summed E-state index contributed by atoms with van der Waals surface area (Å²) >= 11 is 0. The van der Waals surface area contributed by atoms with E-state index in [4.69, 9.17) is 11.2 Å². The Balaban J connectivity index is 1.73. The molecule has 0 aliphatic heterocycles. The Hall–Kier alpha value is -1.50. The van der Waals surface area contributed by atoms with E-state index in [1.54, 1.807) is 0 Å². The van der Waals surface area contributed by atoms with Crippen LogP contribution in [0.5, 0.6) is 5.75 Å². The van der Waals surface area contributed by atoms with Gasteiger partial charge in [0, 0.05) is 19.1 Å². The fraction of sp³-hybridized carbons (Fsp3) is 0.500. The van der Waals surface area contributed by atoms with Crippen molar-refractivity contribution in [3.63, 3.8) is 0 Å². The largest absolute Gasteiger partial charge is 0.492 e. The molecular formula is C16H22N2O. The average molecular weight is 258 g/mol. The van der Waals surface area contributed by atoms with Crippen LogP contribution in [0.15, 0.2) is 24.3 Å². The van der Waals surface area contributed by atoms with Gasteiger partial charge in [-0.2, -0.15) is 0 Å². The van der Waals surface area contributed by atoms with E-state index < -0.39 is 0 Å². The molecule has 0 spiro atoms. The smallest absolute Gasteiger partial charge is 0.119 e. The molecule has 0 heterocycles. The first-order valence-electron chi connectivity index (χ1n) is 6.85. The number of ether oxygens (including phenoxy) is 1. The summed E-state index contributed by atoms with van der Waals surface area (Å²) in [6.45, 7) is 3.10. The number of terminal acetylenes is 1. The second-order valence-electron chi connectivity index (χ2n) is 5.09. The highest BCUT2D eigenvalue weighted by Crippen LogP contribution is 2.20. The van der Waals surface area contributed by atoms with Gasteiger partial charge >= 0.3 is 0 Å². The van der Waals surface area contributed by atoms with Crippen molar-refractivity contribution in [1.82, 2.24) is 10.2 Å². The van der Waals surface area contributed by atoms with E-state index in [0.29, 0.717) is 13.2 Å². The summed E-state index contributed by atoms with van der Waals surface area (Å²) in [6, 6.07) is 9.03. The number of benzene rings is 1. The van der Waals surface area contributed by atoms with Crippen LogP contribution in [-0.2, 0) is 6.54 Å². The quantitative estimate of drug-likeness (QED) is 0.721. The molecule has 0 atom stereocenters. The maximum atomic E-state index is 5.75. The molecule has 1 aromatic carbocycles. The van der Waals surface area contributed by atoms with Crippen LogP contribution in [0, 0.1) is 12.3 Å². The second kappa shape index (κ2) is 7.18. The highest BCUT2D eigenvalue weighted by Gasteiger charge is 2.19. The van der Waals surface area contributed by atoms with Gasteiger partial charge in [0.15, 0.2) is 0 Å². The standard InChI is InChI=1S/C16H22N2O/c1-3-9-18(2)10-11-19-16-6-4-5-14(12-16)13-17-15-7-8-15/h1,4-6,12,15,17H,7-11,13H2,2H3. The van der Waals surface area contributed by atoms with Crippen LogP contribution in [0.1, 0.15) is 18.4 Å². The van der Waals surface area contributed by atoms with Crippen molar-refractivity contribution < 1.29 is 4.74 Å². The predicted molar refractivity (Wildman–Crippen MR) is 78.1 cm³/mol. The summed E-state index contributed by atoms with van der Waals surface area (Å²) < 4.78 is 5.75. The van der Waals surface area contributed by atoms with E-state index in [2.05, 4.69) is 28.3 Å². The fourth-order valence-corrected chi connectivity index (χ4v) is 1.85. The molecule has 1 aliphatic rings. The van der Waals surface area contributed by atoms with Crippen LogP contribution >= 0.6 is 0 Å². The Morgan fingerprint density at radius 2 is 2.32 bits per heavy atom. The minimum atomic E-state index is 0.661. The van der Waals surface area contributed by atoms with Gasteiger partial charge in [0.25, 0.3) is 0 Å². The van der Waals surface area contributed by atoms with Crippen LogP contribution in [0.3, 0.4) is 0 Å². The summed E-state index contributed by atoms with van der Waals surface area (Å²) in [5, 5.41) is 3.51. The SMILES string of the molecule is C#CCN(C)CCOc1cccc(CNC2CC2)c1. The first kappa shape index (κ1) is 13.9. The van der Waals surface area contributed by atoms with Gasteiger partial charge in [0.05, 0.1) is 6.54 Å². The molecule has 1 fully saturated rings. The third kappa shape index (κ3) is 5.34. The van der Waals surface area contributed by atoms with Gasteiger partial charge in [0.1, 0.15) is 12.4 Å². The van der Waals surface area contributed by atoms with E-state index in [9.17, 15) is 0 Å². The average Bonchev–Trinajstić information content (AvgIpc) is 3.21. The molecule has 1 N–H and O–H groups in total. The molecule has 19 heavy (non-hydrogen) atoms. The molecule has 1 aliphatic carbocycles. The van der Waals surface area contributed by atoms with E-state index >= 15 is 0 Å². The van der Waals surface area contributed by atoms with E-state index in [1.165, 1.54) is 18.4 Å². The summed E-state index contributed by atoms with van der Waals surface area (Å²) in [7, 11) is 2.00. The van der Waals surface area contributed by atoms with Crippen molar-refractivity contribution >= 4 is 0 Å². The van der Waals surface area contributed by atoms with E-state index in [0.717, 1.165) is 24.9 Å². The van der Waals surface area contributed by atoms with Gasteiger partial charge in [-0.3, -0.25) is 4.90 Å². The van der Waals surface area contributed by atoms with Crippen molar-refractivity contribution in [1.29, 1.82) is 0 Å². The Morgan fingerprint density at radius 3 is 3.05 bits per heavy atom. The minimum Gasteiger partial charge on any atom is -0.492 e. The molecule has 0 unspecified atom stereocenters. The van der Waals surface area contributed by atoms with Crippen molar-refractivity contribution in [2.24, 2.45) is 0 Å². The molecule has 2 rings (SSSR count). The zero-order valence-electron chi connectivity index (χ0n) is 11.6. The Kier molecular flexibility index (Phi) is 5.26. The van der Waals surface area contributed by atoms with Crippen LogP contribution in [0.25, 0.3) is 0 Å². The van der Waals surface area contributed by atoms with Gasteiger partial charge in [-0.25, -0.2) is 0 Å². The zero-order chi connectivity index (χ0) is 13.5. The van der Waals surface area contributed by atoms with Crippen molar-refractivity contribution in [2.75, 3.05) is 26.7 Å². The Bertz CT molecular complexity index is 435. The van der Waals surface area contributed by atoms with Gasteiger partial charge < -0.3 is 10.1 Å². The molecule has 1 aromatic rings. The fourth-order valence-electron chi connectivity index (χ4n) is 1.85. The predicted octanol–water partition coefficient (Wildman–Crippen LogP) is 1.88. The Labute approximate surface area is 115 Å². The molecule has 3 nitrogen and oxygen atoms in total. The first-order chi connectivity index (χ1) is 9.28. The number of nitrogens with one attached hydrogen (secondary N) is 1. The molecule has 3 heteroatoms. The summed E-state index contributed by atoms with van der Waals surface area (Å²) in [5.41, 5.74) is 1.28. The molecule has 0 radical (unpaired) electrons. The highest BCUT2D eigenvalue weighted by atomic mass is 16.5.